The minimum absolute atomic E-state index is 0.955. The number of para-hydroxylation sites is 1. The van der Waals surface area contributed by atoms with Crippen LogP contribution in [0.3, 0.4) is 0 Å². The van der Waals surface area contributed by atoms with Crippen molar-refractivity contribution in [3.8, 4) is 55.9 Å². The summed E-state index contributed by atoms with van der Waals surface area (Å²) in [5.74, 6) is 0. The molecule has 0 saturated heterocycles. The highest BCUT2D eigenvalue weighted by molar-refractivity contribution is 6.30. The Morgan fingerprint density at radius 1 is 0.322 bits per heavy atom. The molecule has 0 saturated carbocycles. The van der Waals surface area contributed by atoms with E-state index in [4.69, 9.17) is 9.97 Å². The first kappa shape index (κ1) is 34.3. The van der Waals surface area contributed by atoms with Crippen LogP contribution in [-0.4, -0.2) is 15.0 Å². The Balaban J connectivity index is 1.10. The molecule has 0 atom stereocenters. The van der Waals surface area contributed by atoms with E-state index in [1.165, 1.54) is 43.4 Å². The fourth-order valence-electron chi connectivity index (χ4n) is 8.59. The lowest BCUT2D eigenvalue weighted by Gasteiger charge is -2.25. The zero-order chi connectivity index (χ0) is 39.1. The van der Waals surface area contributed by atoms with E-state index in [-0.39, 0.29) is 0 Å². The maximum absolute atomic E-state index is 4.99. The first-order valence-corrected chi connectivity index (χ1v) is 19.9. The fraction of sp³-hybridized carbons (Fsp3) is 0. The molecule has 11 rings (SSSR count). The summed E-state index contributed by atoms with van der Waals surface area (Å²) in [5.41, 5.74) is 14.1. The number of rotatable bonds is 8. The van der Waals surface area contributed by atoms with Gasteiger partial charge in [-0.15, -0.1) is 0 Å². The monoisotopic (exact) mass is 752 g/mol. The lowest BCUT2D eigenvalue weighted by atomic mass is 9.84. The third kappa shape index (κ3) is 6.15. The number of anilines is 3. The highest BCUT2D eigenvalue weighted by Crippen LogP contribution is 2.46. The van der Waals surface area contributed by atoms with E-state index >= 15 is 0 Å². The van der Waals surface area contributed by atoms with Gasteiger partial charge in [0.1, 0.15) is 0 Å². The van der Waals surface area contributed by atoms with Crippen LogP contribution in [0.5, 0.6) is 0 Å². The van der Waals surface area contributed by atoms with E-state index in [9.17, 15) is 0 Å². The molecule has 0 N–H and O–H groups in total. The Labute approximate surface area is 342 Å². The minimum Gasteiger partial charge on any atom is -0.309 e. The SMILES string of the molecule is c1ccc(-c2ccc(-c3ccc4ccc5c(-c6ccc(-c7ccccc7)nc6)cc(-c6ccc(N(c7ccccc7)c7cccnc7)cc6)c6ccc3c4c65)cn2)cc1. The van der Waals surface area contributed by atoms with Gasteiger partial charge < -0.3 is 4.90 Å². The Morgan fingerprint density at radius 3 is 1.42 bits per heavy atom. The molecular formula is C55H36N4. The molecule has 59 heavy (non-hydrogen) atoms. The molecule has 8 aromatic carbocycles. The van der Waals surface area contributed by atoms with Crippen LogP contribution in [0.15, 0.2) is 219 Å². The molecule has 0 aliphatic rings. The Hall–Kier alpha value is -7.95. The number of aromatic nitrogens is 3. The van der Waals surface area contributed by atoms with Crippen LogP contribution < -0.4 is 4.90 Å². The fourth-order valence-corrected chi connectivity index (χ4v) is 8.59. The van der Waals surface area contributed by atoms with Gasteiger partial charge in [-0.3, -0.25) is 15.0 Å². The zero-order valence-corrected chi connectivity index (χ0v) is 32.1. The van der Waals surface area contributed by atoms with Crippen LogP contribution in [0, 0.1) is 0 Å². The van der Waals surface area contributed by atoms with Gasteiger partial charge in [-0.1, -0.05) is 140 Å². The van der Waals surface area contributed by atoms with Crippen LogP contribution in [0.1, 0.15) is 0 Å². The molecule has 0 aliphatic heterocycles. The van der Waals surface area contributed by atoms with Gasteiger partial charge in [0.05, 0.1) is 23.3 Å². The van der Waals surface area contributed by atoms with E-state index < -0.39 is 0 Å². The standard InChI is InChI=1S/C55H36N4/c1-4-11-38(12-5-1)52-30-22-41(34-57-52)46-26-20-40-21-27-48-51(42-23-31-53(58-35-42)39-13-6-2-7-14-39)33-50(49-29-28-47(46)54(40)55(48)49)37-18-24-44(25-19-37)59(43-15-8-3-9-16-43)45-17-10-32-56-36-45/h1-36H. The van der Waals surface area contributed by atoms with Crippen molar-refractivity contribution in [2.24, 2.45) is 0 Å². The van der Waals surface area contributed by atoms with E-state index in [1.807, 2.05) is 49.1 Å². The lowest BCUT2D eigenvalue weighted by Crippen LogP contribution is -2.09. The molecule has 3 heterocycles. The highest BCUT2D eigenvalue weighted by Gasteiger charge is 2.20. The van der Waals surface area contributed by atoms with Crippen molar-refractivity contribution in [1.82, 2.24) is 15.0 Å². The molecule has 0 fully saturated rings. The number of nitrogens with zero attached hydrogens (tertiary/aromatic N) is 4. The van der Waals surface area contributed by atoms with Crippen LogP contribution in [0.25, 0.3) is 88.2 Å². The first-order valence-electron chi connectivity index (χ1n) is 19.9. The third-order valence-electron chi connectivity index (χ3n) is 11.4. The van der Waals surface area contributed by atoms with Gasteiger partial charge in [0.2, 0.25) is 0 Å². The van der Waals surface area contributed by atoms with Crippen molar-refractivity contribution in [2.75, 3.05) is 4.90 Å². The Morgan fingerprint density at radius 2 is 0.831 bits per heavy atom. The van der Waals surface area contributed by atoms with Gasteiger partial charge in [-0.05, 0) is 109 Å². The number of hydrogen-bond donors (Lipinski definition) is 0. The summed E-state index contributed by atoms with van der Waals surface area (Å²) in [4.78, 5) is 16.6. The molecule has 0 amide bonds. The van der Waals surface area contributed by atoms with Crippen molar-refractivity contribution in [2.45, 2.75) is 0 Å². The van der Waals surface area contributed by atoms with E-state index in [0.717, 1.165) is 61.8 Å². The zero-order valence-electron chi connectivity index (χ0n) is 32.1. The molecule has 0 unspecified atom stereocenters. The topological polar surface area (TPSA) is 41.9 Å². The van der Waals surface area contributed by atoms with Gasteiger partial charge in [-0.25, -0.2) is 0 Å². The first-order chi connectivity index (χ1) is 29.3. The summed E-state index contributed by atoms with van der Waals surface area (Å²) in [7, 11) is 0. The number of benzene rings is 8. The highest BCUT2D eigenvalue weighted by atomic mass is 15.1. The quantitative estimate of drug-likeness (QED) is 0.145. The van der Waals surface area contributed by atoms with Crippen molar-refractivity contribution < 1.29 is 0 Å². The summed E-state index contributed by atoms with van der Waals surface area (Å²) in [6.07, 6.45) is 7.76. The summed E-state index contributed by atoms with van der Waals surface area (Å²) in [5, 5.41) is 7.34. The average molecular weight is 753 g/mol. The van der Waals surface area contributed by atoms with Gasteiger partial charge in [0.25, 0.3) is 0 Å². The van der Waals surface area contributed by atoms with Gasteiger partial charge in [-0.2, -0.15) is 0 Å². The molecule has 4 heteroatoms. The van der Waals surface area contributed by atoms with Crippen molar-refractivity contribution >= 4 is 49.4 Å². The number of pyridine rings is 3. The molecular weight excluding hydrogens is 717 g/mol. The molecule has 0 radical (unpaired) electrons. The van der Waals surface area contributed by atoms with E-state index in [2.05, 4.69) is 180 Å². The number of hydrogen-bond acceptors (Lipinski definition) is 4. The second kappa shape index (κ2) is 14.5. The Kier molecular flexibility index (Phi) is 8.45. The summed E-state index contributed by atoms with van der Waals surface area (Å²) < 4.78 is 0. The van der Waals surface area contributed by atoms with Gasteiger partial charge in [0.15, 0.2) is 0 Å². The van der Waals surface area contributed by atoms with Crippen LogP contribution in [0.4, 0.5) is 17.1 Å². The van der Waals surface area contributed by atoms with Gasteiger partial charge in [0, 0.05) is 52.2 Å². The molecule has 11 aromatic rings. The molecule has 0 bridgehead atoms. The van der Waals surface area contributed by atoms with Crippen molar-refractivity contribution in [1.29, 1.82) is 0 Å². The summed E-state index contributed by atoms with van der Waals surface area (Å²) in [6.45, 7) is 0. The lowest BCUT2D eigenvalue weighted by molar-refractivity contribution is 1.23. The van der Waals surface area contributed by atoms with Crippen LogP contribution in [-0.2, 0) is 0 Å². The molecule has 4 nitrogen and oxygen atoms in total. The minimum atomic E-state index is 0.955. The van der Waals surface area contributed by atoms with Crippen LogP contribution >= 0.6 is 0 Å². The second-order valence-corrected chi connectivity index (χ2v) is 14.9. The molecule has 3 aromatic heterocycles. The smallest absolute Gasteiger partial charge is 0.0702 e. The molecule has 276 valence electrons. The summed E-state index contributed by atoms with van der Waals surface area (Å²) in [6, 6.07) is 68.9. The normalized spacial score (nSPS) is 11.4. The average Bonchev–Trinajstić information content (AvgIpc) is 3.32. The predicted octanol–water partition coefficient (Wildman–Crippen LogP) is 14.6. The maximum Gasteiger partial charge on any atom is 0.0702 e. The largest absolute Gasteiger partial charge is 0.309 e. The van der Waals surface area contributed by atoms with E-state index in [0.29, 0.717) is 0 Å². The van der Waals surface area contributed by atoms with Crippen LogP contribution in [0.2, 0.25) is 0 Å². The van der Waals surface area contributed by atoms with E-state index in [1.54, 1.807) is 0 Å². The van der Waals surface area contributed by atoms with Gasteiger partial charge >= 0.3 is 0 Å². The van der Waals surface area contributed by atoms with Crippen molar-refractivity contribution in [3.63, 3.8) is 0 Å². The summed E-state index contributed by atoms with van der Waals surface area (Å²) >= 11 is 0. The second-order valence-electron chi connectivity index (χ2n) is 14.9. The maximum atomic E-state index is 4.99. The van der Waals surface area contributed by atoms with Crippen molar-refractivity contribution in [3.05, 3.63) is 219 Å². The predicted molar refractivity (Wildman–Crippen MR) is 245 cm³/mol. The Bertz CT molecular complexity index is 3170. The molecule has 0 spiro atoms. The molecule has 0 aliphatic carbocycles. The third-order valence-corrected chi connectivity index (χ3v) is 11.4.